The smallest absolute Gasteiger partial charge is 0.213 e. The summed E-state index contributed by atoms with van der Waals surface area (Å²) in [6, 6.07) is 3.57. The highest BCUT2D eigenvalue weighted by atomic mass is 16.5. The van der Waals surface area contributed by atoms with Crippen molar-refractivity contribution < 1.29 is 9.53 Å². The largest absolute Gasteiger partial charge is 0.474 e. The van der Waals surface area contributed by atoms with Gasteiger partial charge in [-0.15, -0.1) is 0 Å². The van der Waals surface area contributed by atoms with E-state index in [0.717, 1.165) is 24.7 Å². The molecule has 1 fully saturated rings. The molecule has 2 unspecified atom stereocenters. The van der Waals surface area contributed by atoms with Gasteiger partial charge in [0, 0.05) is 17.8 Å². The fourth-order valence-electron chi connectivity index (χ4n) is 2.80. The second-order valence-corrected chi connectivity index (χ2v) is 5.60. The van der Waals surface area contributed by atoms with Gasteiger partial charge in [-0.1, -0.05) is 13.8 Å². The van der Waals surface area contributed by atoms with Crippen molar-refractivity contribution in [3.63, 3.8) is 0 Å². The van der Waals surface area contributed by atoms with Gasteiger partial charge in [0.2, 0.25) is 5.88 Å². The number of ketones is 1. The molecule has 1 aliphatic carbocycles. The van der Waals surface area contributed by atoms with Gasteiger partial charge in [0.15, 0.2) is 5.78 Å². The van der Waals surface area contributed by atoms with Crippen molar-refractivity contribution in [2.24, 2.45) is 11.8 Å². The van der Waals surface area contributed by atoms with Gasteiger partial charge in [-0.2, -0.15) is 0 Å². The summed E-state index contributed by atoms with van der Waals surface area (Å²) >= 11 is 0. The number of rotatable bonds is 3. The predicted octanol–water partition coefficient (Wildman–Crippen LogP) is 3.49. The Balaban J connectivity index is 1.98. The number of pyridine rings is 1. The third-order valence-corrected chi connectivity index (χ3v) is 3.57. The highest BCUT2D eigenvalue weighted by Crippen LogP contribution is 2.30. The molecule has 0 saturated heterocycles. The van der Waals surface area contributed by atoms with Crippen molar-refractivity contribution in [3.8, 4) is 5.88 Å². The lowest BCUT2D eigenvalue weighted by Gasteiger charge is -2.31. The van der Waals surface area contributed by atoms with Gasteiger partial charge in [0.05, 0.1) is 0 Å². The molecule has 0 aliphatic heterocycles. The molecule has 0 bridgehead atoms. The van der Waals surface area contributed by atoms with Crippen molar-refractivity contribution in [2.45, 2.75) is 46.1 Å². The van der Waals surface area contributed by atoms with Crippen LogP contribution in [0, 0.1) is 11.8 Å². The van der Waals surface area contributed by atoms with Gasteiger partial charge in [0.1, 0.15) is 6.10 Å². The van der Waals surface area contributed by atoms with Crippen LogP contribution in [0.15, 0.2) is 18.3 Å². The molecule has 2 atom stereocenters. The Hall–Kier alpha value is -1.38. The molecule has 0 amide bonds. The molecule has 0 aromatic carbocycles. The van der Waals surface area contributed by atoms with Gasteiger partial charge in [-0.05, 0) is 44.1 Å². The first kappa shape index (κ1) is 13.1. The van der Waals surface area contributed by atoms with E-state index >= 15 is 0 Å². The highest BCUT2D eigenvalue weighted by Gasteiger charge is 2.25. The van der Waals surface area contributed by atoms with Crippen LogP contribution in [0.2, 0.25) is 0 Å². The fourth-order valence-corrected chi connectivity index (χ4v) is 2.80. The van der Waals surface area contributed by atoms with Crippen LogP contribution in [0.25, 0.3) is 0 Å². The second-order valence-electron chi connectivity index (χ2n) is 5.60. The molecule has 1 saturated carbocycles. The first-order chi connectivity index (χ1) is 8.54. The topological polar surface area (TPSA) is 39.2 Å². The van der Waals surface area contributed by atoms with Crippen LogP contribution >= 0.6 is 0 Å². The molecule has 1 aromatic heterocycles. The van der Waals surface area contributed by atoms with Crippen LogP contribution in [0.4, 0.5) is 0 Å². The van der Waals surface area contributed by atoms with Crippen LogP contribution in [-0.4, -0.2) is 16.9 Å². The van der Waals surface area contributed by atoms with Gasteiger partial charge >= 0.3 is 0 Å². The minimum Gasteiger partial charge on any atom is -0.474 e. The van der Waals surface area contributed by atoms with Crippen LogP contribution in [0.5, 0.6) is 5.88 Å². The Bertz CT molecular complexity index is 403. The lowest BCUT2D eigenvalue weighted by molar-refractivity contribution is 0.0965. The molecule has 18 heavy (non-hydrogen) atoms. The maximum absolute atomic E-state index is 11.2. The molecule has 1 heterocycles. The van der Waals surface area contributed by atoms with E-state index < -0.39 is 0 Å². The normalized spacial score (nSPS) is 27.8. The van der Waals surface area contributed by atoms with Gasteiger partial charge in [-0.3, -0.25) is 4.79 Å². The van der Waals surface area contributed by atoms with Crippen molar-refractivity contribution >= 4 is 5.78 Å². The van der Waals surface area contributed by atoms with Gasteiger partial charge in [-0.25, -0.2) is 4.98 Å². The second kappa shape index (κ2) is 5.51. The standard InChI is InChI=1S/C15H21NO2/c1-10-6-11(2)8-14(7-10)18-15-5-4-13(9-16-15)12(3)17/h4-5,9-11,14H,6-8H2,1-3H3. The summed E-state index contributed by atoms with van der Waals surface area (Å²) in [4.78, 5) is 15.4. The summed E-state index contributed by atoms with van der Waals surface area (Å²) in [5, 5.41) is 0. The minimum absolute atomic E-state index is 0.0361. The van der Waals surface area contributed by atoms with Crippen molar-refractivity contribution in [3.05, 3.63) is 23.9 Å². The molecule has 0 N–H and O–H groups in total. The zero-order valence-corrected chi connectivity index (χ0v) is 11.3. The predicted molar refractivity (Wildman–Crippen MR) is 70.8 cm³/mol. The summed E-state index contributed by atoms with van der Waals surface area (Å²) in [7, 11) is 0. The Morgan fingerprint density at radius 3 is 2.39 bits per heavy atom. The van der Waals surface area contributed by atoms with Gasteiger partial charge in [0.25, 0.3) is 0 Å². The van der Waals surface area contributed by atoms with Crippen LogP contribution in [-0.2, 0) is 0 Å². The zero-order valence-electron chi connectivity index (χ0n) is 11.3. The maximum atomic E-state index is 11.2. The van der Waals surface area contributed by atoms with Gasteiger partial charge < -0.3 is 4.74 Å². The SMILES string of the molecule is CC(=O)c1ccc(OC2CC(C)CC(C)C2)nc1. The summed E-state index contributed by atoms with van der Waals surface area (Å²) in [5.41, 5.74) is 0.632. The first-order valence-electron chi connectivity index (χ1n) is 6.68. The summed E-state index contributed by atoms with van der Waals surface area (Å²) in [6.45, 7) is 6.10. The van der Waals surface area contributed by atoms with E-state index in [1.807, 2.05) is 0 Å². The molecule has 0 radical (unpaired) electrons. The van der Waals surface area contributed by atoms with Crippen molar-refractivity contribution in [1.82, 2.24) is 4.98 Å². The zero-order chi connectivity index (χ0) is 13.1. The van der Waals surface area contributed by atoms with E-state index in [9.17, 15) is 4.79 Å². The Morgan fingerprint density at radius 2 is 1.89 bits per heavy atom. The lowest BCUT2D eigenvalue weighted by atomic mass is 9.82. The number of carbonyl (C=O) groups is 1. The van der Waals surface area contributed by atoms with Crippen LogP contribution < -0.4 is 4.74 Å². The third-order valence-electron chi connectivity index (χ3n) is 3.57. The number of hydrogen-bond donors (Lipinski definition) is 0. The number of aromatic nitrogens is 1. The average molecular weight is 247 g/mol. The summed E-state index contributed by atoms with van der Waals surface area (Å²) < 4.78 is 5.91. The summed E-state index contributed by atoms with van der Waals surface area (Å²) in [5.74, 6) is 2.10. The van der Waals surface area contributed by atoms with E-state index in [0.29, 0.717) is 11.4 Å². The molecule has 1 aliphatic rings. The molecular formula is C15H21NO2. The minimum atomic E-state index is 0.0361. The van der Waals surface area contributed by atoms with E-state index in [1.54, 1.807) is 25.3 Å². The maximum Gasteiger partial charge on any atom is 0.213 e. The number of carbonyl (C=O) groups excluding carboxylic acids is 1. The highest BCUT2D eigenvalue weighted by molar-refractivity contribution is 5.93. The van der Waals surface area contributed by atoms with Crippen molar-refractivity contribution in [2.75, 3.05) is 0 Å². The van der Waals surface area contributed by atoms with E-state index in [2.05, 4.69) is 18.8 Å². The fraction of sp³-hybridized carbons (Fsp3) is 0.600. The first-order valence-corrected chi connectivity index (χ1v) is 6.68. The van der Waals surface area contributed by atoms with E-state index in [1.165, 1.54) is 6.42 Å². The molecule has 0 spiro atoms. The number of nitrogens with zero attached hydrogens (tertiary/aromatic N) is 1. The van der Waals surface area contributed by atoms with E-state index in [4.69, 9.17) is 4.74 Å². The van der Waals surface area contributed by atoms with Crippen LogP contribution in [0.1, 0.15) is 50.4 Å². The number of Topliss-reactive ketones (excluding diaryl/α,β-unsaturated/α-hetero) is 1. The Labute approximate surface area is 109 Å². The van der Waals surface area contributed by atoms with Crippen LogP contribution in [0.3, 0.4) is 0 Å². The number of ether oxygens (including phenoxy) is 1. The average Bonchev–Trinajstić information content (AvgIpc) is 2.28. The molecule has 2 rings (SSSR count). The summed E-state index contributed by atoms with van der Waals surface area (Å²) in [6.07, 6.45) is 5.34. The molecule has 98 valence electrons. The molecular weight excluding hydrogens is 226 g/mol. The third kappa shape index (κ3) is 3.31. The van der Waals surface area contributed by atoms with E-state index in [-0.39, 0.29) is 11.9 Å². The Morgan fingerprint density at radius 1 is 1.22 bits per heavy atom. The molecule has 1 aromatic rings. The molecule has 3 nitrogen and oxygen atoms in total. The quantitative estimate of drug-likeness (QED) is 0.767. The monoisotopic (exact) mass is 247 g/mol. The lowest BCUT2D eigenvalue weighted by Crippen LogP contribution is -2.28. The molecule has 3 heteroatoms. The Kier molecular flexibility index (Phi) is 4.00. The van der Waals surface area contributed by atoms with Crippen molar-refractivity contribution in [1.29, 1.82) is 0 Å². The number of hydrogen-bond acceptors (Lipinski definition) is 3.